The molecular formula is C12H22N2O4. The van der Waals surface area contributed by atoms with Crippen LogP contribution in [0.1, 0.15) is 20.3 Å². The Hall–Kier alpha value is -1.14. The summed E-state index contributed by atoms with van der Waals surface area (Å²) in [7, 11) is 1.35. The average Bonchev–Trinajstić information content (AvgIpc) is 2.43. The minimum absolute atomic E-state index is 0.000605. The van der Waals surface area contributed by atoms with Gasteiger partial charge >= 0.3 is 5.97 Å². The Morgan fingerprint density at radius 2 is 2.00 bits per heavy atom. The summed E-state index contributed by atoms with van der Waals surface area (Å²) in [6.45, 7) is 6.02. The van der Waals surface area contributed by atoms with Gasteiger partial charge in [-0.05, 0) is 13.3 Å². The fraction of sp³-hybridized carbons (Fsp3) is 0.833. The molecule has 0 saturated carbocycles. The second-order valence-electron chi connectivity index (χ2n) is 4.31. The van der Waals surface area contributed by atoms with Gasteiger partial charge in [0.05, 0.1) is 26.4 Å². The van der Waals surface area contributed by atoms with Crippen LogP contribution >= 0.6 is 0 Å². The Bertz CT molecular complexity index is 290. The lowest BCUT2D eigenvalue weighted by molar-refractivity contribution is -0.144. The number of morpholine rings is 1. The largest absolute Gasteiger partial charge is 0.468 e. The molecule has 0 bridgehead atoms. The van der Waals surface area contributed by atoms with E-state index in [4.69, 9.17) is 4.74 Å². The van der Waals surface area contributed by atoms with Gasteiger partial charge in [-0.1, -0.05) is 6.92 Å². The van der Waals surface area contributed by atoms with Crippen LogP contribution in [-0.2, 0) is 19.1 Å². The number of esters is 1. The summed E-state index contributed by atoms with van der Waals surface area (Å²) in [5.41, 5.74) is 0. The Kier molecular flexibility index (Phi) is 6.07. The molecule has 1 fully saturated rings. The van der Waals surface area contributed by atoms with Gasteiger partial charge in [0, 0.05) is 13.1 Å². The maximum Gasteiger partial charge on any atom is 0.322 e. The van der Waals surface area contributed by atoms with Gasteiger partial charge in [0.1, 0.15) is 6.04 Å². The fourth-order valence-corrected chi connectivity index (χ4v) is 1.93. The molecule has 1 aliphatic rings. The van der Waals surface area contributed by atoms with E-state index in [-0.39, 0.29) is 11.9 Å². The molecule has 2 atom stereocenters. The second kappa shape index (κ2) is 7.33. The molecule has 0 aromatic heterocycles. The zero-order valence-electron chi connectivity index (χ0n) is 11.3. The van der Waals surface area contributed by atoms with Crippen molar-refractivity contribution in [3.63, 3.8) is 0 Å². The van der Waals surface area contributed by atoms with Crippen molar-refractivity contribution >= 4 is 11.9 Å². The highest BCUT2D eigenvalue weighted by molar-refractivity contribution is 5.83. The third-order valence-corrected chi connectivity index (χ3v) is 3.04. The SMILES string of the molecule is CCC(NC(C)C(=O)N1CCOCC1)C(=O)OC. The lowest BCUT2D eigenvalue weighted by Gasteiger charge is -2.30. The van der Waals surface area contributed by atoms with E-state index in [1.54, 1.807) is 11.8 Å². The first-order valence-corrected chi connectivity index (χ1v) is 6.30. The molecule has 0 spiro atoms. The standard InChI is InChI=1S/C12H22N2O4/c1-4-10(12(16)17-3)13-9(2)11(15)14-5-7-18-8-6-14/h9-10,13H,4-8H2,1-3H3. The highest BCUT2D eigenvalue weighted by Crippen LogP contribution is 2.03. The zero-order valence-corrected chi connectivity index (χ0v) is 11.3. The van der Waals surface area contributed by atoms with Gasteiger partial charge in [0.15, 0.2) is 0 Å². The van der Waals surface area contributed by atoms with E-state index in [2.05, 4.69) is 10.1 Å². The van der Waals surface area contributed by atoms with Crippen LogP contribution < -0.4 is 5.32 Å². The number of carbonyl (C=O) groups is 2. The number of rotatable bonds is 5. The van der Waals surface area contributed by atoms with E-state index in [9.17, 15) is 9.59 Å². The van der Waals surface area contributed by atoms with E-state index < -0.39 is 12.1 Å². The first-order valence-electron chi connectivity index (χ1n) is 6.30. The lowest BCUT2D eigenvalue weighted by Crippen LogP contribution is -2.53. The highest BCUT2D eigenvalue weighted by atomic mass is 16.5. The molecule has 0 aliphatic carbocycles. The van der Waals surface area contributed by atoms with Crippen molar-refractivity contribution in [1.29, 1.82) is 0 Å². The molecule has 18 heavy (non-hydrogen) atoms. The monoisotopic (exact) mass is 258 g/mol. The van der Waals surface area contributed by atoms with Gasteiger partial charge in [0.2, 0.25) is 5.91 Å². The van der Waals surface area contributed by atoms with E-state index >= 15 is 0 Å². The van der Waals surface area contributed by atoms with Crippen LogP contribution in [0.3, 0.4) is 0 Å². The molecule has 1 heterocycles. The van der Waals surface area contributed by atoms with Crippen LogP contribution in [-0.4, -0.2) is 62.3 Å². The average molecular weight is 258 g/mol. The predicted octanol–water partition coefficient (Wildman–Crippen LogP) is -0.225. The Morgan fingerprint density at radius 3 is 2.50 bits per heavy atom. The van der Waals surface area contributed by atoms with Crippen molar-refractivity contribution in [1.82, 2.24) is 10.2 Å². The first kappa shape index (κ1) is 14.9. The van der Waals surface area contributed by atoms with E-state index in [0.717, 1.165) is 0 Å². The van der Waals surface area contributed by atoms with Crippen molar-refractivity contribution in [2.45, 2.75) is 32.4 Å². The summed E-state index contributed by atoms with van der Waals surface area (Å²) in [6, 6.07) is -0.831. The lowest BCUT2D eigenvalue weighted by atomic mass is 10.2. The number of methoxy groups -OCH3 is 1. The molecule has 1 saturated heterocycles. The summed E-state index contributed by atoms with van der Waals surface area (Å²) in [4.78, 5) is 25.3. The Morgan fingerprint density at radius 1 is 1.39 bits per heavy atom. The second-order valence-corrected chi connectivity index (χ2v) is 4.31. The molecule has 1 amide bonds. The maximum absolute atomic E-state index is 12.1. The summed E-state index contributed by atoms with van der Waals surface area (Å²) in [6.07, 6.45) is 0.591. The van der Waals surface area contributed by atoms with Gasteiger partial charge in [-0.25, -0.2) is 0 Å². The molecule has 0 aromatic rings. The molecule has 0 radical (unpaired) electrons. The van der Waals surface area contributed by atoms with Crippen molar-refractivity contribution in [3.05, 3.63) is 0 Å². The number of hydrogen-bond donors (Lipinski definition) is 1. The van der Waals surface area contributed by atoms with Gasteiger partial charge in [-0.3, -0.25) is 14.9 Å². The van der Waals surface area contributed by atoms with Gasteiger partial charge in [0.25, 0.3) is 0 Å². The van der Waals surface area contributed by atoms with E-state index in [0.29, 0.717) is 32.7 Å². The smallest absolute Gasteiger partial charge is 0.322 e. The number of hydrogen-bond acceptors (Lipinski definition) is 5. The summed E-state index contributed by atoms with van der Waals surface area (Å²) in [5.74, 6) is -0.334. The van der Waals surface area contributed by atoms with Crippen molar-refractivity contribution in [2.75, 3.05) is 33.4 Å². The normalized spacial score (nSPS) is 19.2. The molecule has 2 unspecified atom stereocenters. The van der Waals surface area contributed by atoms with Crippen LogP contribution in [0.5, 0.6) is 0 Å². The van der Waals surface area contributed by atoms with Crippen LogP contribution in [0, 0.1) is 0 Å². The maximum atomic E-state index is 12.1. The molecule has 6 nitrogen and oxygen atoms in total. The Labute approximate surface area is 108 Å². The molecule has 1 rings (SSSR count). The molecule has 1 aliphatic heterocycles. The van der Waals surface area contributed by atoms with Crippen molar-refractivity contribution in [3.8, 4) is 0 Å². The fourth-order valence-electron chi connectivity index (χ4n) is 1.93. The van der Waals surface area contributed by atoms with Gasteiger partial charge in [-0.2, -0.15) is 0 Å². The molecule has 104 valence electrons. The molecule has 6 heteroatoms. The summed E-state index contributed by atoms with van der Waals surface area (Å²) in [5, 5.41) is 3.01. The summed E-state index contributed by atoms with van der Waals surface area (Å²) < 4.78 is 9.88. The van der Waals surface area contributed by atoms with E-state index in [1.807, 2.05) is 6.92 Å². The van der Waals surface area contributed by atoms with Crippen LogP contribution in [0.2, 0.25) is 0 Å². The zero-order chi connectivity index (χ0) is 13.5. The van der Waals surface area contributed by atoms with Crippen molar-refractivity contribution in [2.24, 2.45) is 0 Å². The number of carbonyl (C=O) groups excluding carboxylic acids is 2. The van der Waals surface area contributed by atoms with Crippen LogP contribution in [0.15, 0.2) is 0 Å². The van der Waals surface area contributed by atoms with Gasteiger partial charge < -0.3 is 14.4 Å². The number of amides is 1. The first-order chi connectivity index (χ1) is 8.60. The van der Waals surface area contributed by atoms with Crippen molar-refractivity contribution < 1.29 is 19.1 Å². The predicted molar refractivity (Wildman–Crippen MR) is 66.1 cm³/mol. The summed E-state index contributed by atoms with van der Waals surface area (Å²) >= 11 is 0. The Balaban J connectivity index is 2.49. The van der Waals surface area contributed by atoms with Gasteiger partial charge in [-0.15, -0.1) is 0 Å². The quantitative estimate of drug-likeness (QED) is 0.690. The number of nitrogens with zero attached hydrogens (tertiary/aromatic N) is 1. The number of nitrogens with one attached hydrogen (secondary N) is 1. The molecular weight excluding hydrogens is 236 g/mol. The van der Waals surface area contributed by atoms with E-state index in [1.165, 1.54) is 7.11 Å². The highest BCUT2D eigenvalue weighted by Gasteiger charge is 2.26. The minimum Gasteiger partial charge on any atom is -0.468 e. The van der Waals surface area contributed by atoms with Crippen LogP contribution in [0.25, 0.3) is 0 Å². The third-order valence-electron chi connectivity index (χ3n) is 3.04. The van der Waals surface area contributed by atoms with Crippen LogP contribution in [0.4, 0.5) is 0 Å². The third kappa shape index (κ3) is 3.96. The number of ether oxygens (including phenoxy) is 2. The topological polar surface area (TPSA) is 67.9 Å². The minimum atomic E-state index is -0.435. The molecule has 0 aromatic carbocycles. The molecule has 1 N–H and O–H groups in total.